The number of aryl methyl sites for hydroxylation is 3. The molecule has 5 heteroatoms. The van der Waals surface area contributed by atoms with Gasteiger partial charge < -0.3 is 15.0 Å². The predicted octanol–water partition coefficient (Wildman–Crippen LogP) is 5.86. The molecule has 0 unspecified atom stereocenters. The third-order valence-electron chi connectivity index (χ3n) is 6.69. The zero-order valence-corrected chi connectivity index (χ0v) is 22.8. The molecule has 0 fully saturated rings. The predicted molar refractivity (Wildman–Crippen MR) is 150 cm³/mol. The van der Waals surface area contributed by atoms with Crippen LogP contribution < -0.4 is 10.1 Å². The number of hydrogen-bond acceptors (Lipinski definition) is 3. The molecule has 0 aliphatic rings. The topological polar surface area (TPSA) is 58.6 Å². The molecular formula is C32H40N2O3. The average molecular weight is 501 g/mol. The Morgan fingerprint density at radius 2 is 1.59 bits per heavy atom. The normalized spacial score (nSPS) is 11.6. The van der Waals surface area contributed by atoms with Crippen LogP contribution in [-0.2, 0) is 22.6 Å². The van der Waals surface area contributed by atoms with Crippen LogP contribution in [0.4, 0.5) is 0 Å². The van der Waals surface area contributed by atoms with Crippen LogP contribution in [-0.4, -0.2) is 35.9 Å². The van der Waals surface area contributed by atoms with Crippen LogP contribution in [0.25, 0.3) is 0 Å². The summed E-state index contributed by atoms with van der Waals surface area (Å²) in [5.74, 6) is 0.346. The standard InChI is InChI=1S/C32H40N2O3/c1-6-7-17-33-32(36)29(20-27-11-9-8-10-12-27)34(21-28-15-13-23(2)14-16-28)31(35)22-37-30-19-24(3)18-25(4)26(30)5/h8-16,18-19,29H,6-7,17,20-22H2,1-5H3,(H,33,36)/t29-/m0/s1. The zero-order valence-electron chi connectivity index (χ0n) is 22.8. The van der Waals surface area contributed by atoms with E-state index in [9.17, 15) is 9.59 Å². The number of nitrogens with zero attached hydrogens (tertiary/aromatic N) is 1. The van der Waals surface area contributed by atoms with Gasteiger partial charge in [-0.2, -0.15) is 0 Å². The molecule has 1 N–H and O–H groups in total. The van der Waals surface area contributed by atoms with Gasteiger partial charge in [0.05, 0.1) is 0 Å². The molecule has 5 nitrogen and oxygen atoms in total. The van der Waals surface area contributed by atoms with Crippen molar-refractivity contribution in [2.24, 2.45) is 0 Å². The van der Waals surface area contributed by atoms with Gasteiger partial charge in [-0.05, 0) is 68.0 Å². The molecule has 0 spiro atoms. The second kappa shape index (κ2) is 13.6. The Kier molecular flexibility index (Phi) is 10.3. The van der Waals surface area contributed by atoms with Crippen molar-refractivity contribution in [3.63, 3.8) is 0 Å². The highest BCUT2D eigenvalue weighted by Gasteiger charge is 2.30. The van der Waals surface area contributed by atoms with Gasteiger partial charge in [-0.1, -0.05) is 79.6 Å². The maximum absolute atomic E-state index is 13.8. The Morgan fingerprint density at radius 3 is 2.27 bits per heavy atom. The van der Waals surface area contributed by atoms with E-state index in [1.807, 2.05) is 88.4 Å². The molecule has 0 heterocycles. The van der Waals surface area contributed by atoms with E-state index in [1.165, 1.54) is 0 Å². The zero-order chi connectivity index (χ0) is 26.8. The molecule has 37 heavy (non-hydrogen) atoms. The first-order valence-corrected chi connectivity index (χ1v) is 13.2. The quantitative estimate of drug-likeness (QED) is 0.317. The van der Waals surface area contributed by atoms with E-state index in [2.05, 4.69) is 18.3 Å². The minimum atomic E-state index is -0.656. The number of nitrogens with one attached hydrogen (secondary N) is 1. The van der Waals surface area contributed by atoms with Crippen LogP contribution in [0.2, 0.25) is 0 Å². The summed E-state index contributed by atoms with van der Waals surface area (Å²) in [7, 11) is 0. The van der Waals surface area contributed by atoms with Crippen molar-refractivity contribution in [3.8, 4) is 5.75 Å². The number of unbranched alkanes of at least 4 members (excludes halogenated alkanes) is 1. The van der Waals surface area contributed by atoms with Gasteiger partial charge in [-0.15, -0.1) is 0 Å². The van der Waals surface area contributed by atoms with Gasteiger partial charge in [-0.3, -0.25) is 9.59 Å². The van der Waals surface area contributed by atoms with Crippen LogP contribution in [0.1, 0.15) is 53.1 Å². The van der Waals surface area contributed by atoms with Gasteiger partial charge in [0, 0.05) is 19.5 Å². The van der Waals surface area contributed by atoms with Crippen molar-refractivity contribution < 1.29 is 14.3 Å². The highest BCUT2D eigenvalue weighted by molar-refractivity contribution is 5.88. The molecule has 1 atom stereocenters. The lowest BCUT2D eigenvalue weighted by Crippen LogP contribution is -2.51. The molecule has 196 valence electrons. The molecule has 0 aliphatic carbocycles. The SMILES string of the molecule is CCCCNC(=O)[C@H](Cc1ccccc1)N(Cc1ccc(C)cc1)C(=O)COc1cc(C)cc(C)c1C. The Labute approximate surface area is 221 Å². The maximum Gasteiger partial charge on any atom is 0.261 e. The fourth-order valence-corrected chi connectivity index (χ4v) is 4.32. The van der Waals surface area contributed by atoms with Gasteiger partial charge in [0.2, 0.25) is 5.91 Å². The van der Waals surface area contributed by atoms with Gasteiger partial charge in [0.25, 0.3) is 5.91 Å². The molecule has 0 saturated carbocycles. The average Bonchev–Trinajstić information content (AvgIpc) is 2.89. The second-order valence-corrected chi connectivity index (χ2v) is 9.85. The number of benzene rings is 3. The summed E-state index contributed by atoms with van der Waals surface area (Å²) in [4.78, 5) is 28.9. The minimum absolute atomic E-state index is 0.136. The number of rotatable bonds is 12. The Morgan fingerprint density at radius 1 is 0.892 bits per heavy atom. The molecule has 3 aromatic carbocycles. The third-order valence-corrected chi connectivity index (χ3v) is 6.69. The smallest absolute Gasteiger partial charge is 0.261 e. The lowest BCUT2D eigenvalue weighted by molar-refractivity contribution is -0.142. The van der Waals surface area contributed by atoms with Crippen molar-refractivity contribution in [1.29, 1.82) is 0 Å². The first-order valence-electron chi connectivity index (χ1n) is 13.2. The number of carbonyl (C=O) groups excluding carboxylic acids is 2. The highest BCUT2D eigenvalue weighted by atomic mass is 16.5. The molecule has 0 aliphatic heterocycles. The van der Waals surface area contributed by atoms with E-state index < -0.39 is 6.04 Å². The lowest BCUT2D eigenvalue weighted by atomic mass is 10.0. The summed E-state index contributed by atoms with van der Waals surface area (Å²) in [5.41, 5.74) is 6.34. The first kappa shape index (κ1) is 28.0. The number of amides is 2. The van der Waals surface area contributed by atoms with Gasteiger partial charge in [0.15, 0.2) is 6.61 Å². The van der Waals surface area contributed by atoms with Crippen molar-refractivity contribution in [3.05, 3.63) is 100 Å². The summed E-state index contributed by atoms with van der Waals surface area (Å²) < 4.78 is 6.05. The number of carbonyl (C=O) groups is 2. The van der Waals surface area contributed by atoms with E-state index in [4.69, 9.17) is 4.74 Å². The van der Waals surface area contributed by atoms with Crippen LogP contribution in [0.3, 0.4) is 0 Å². The lowest BCUT2D eigenvalue weighted by Gasteiger charge is -2.31. The Hall–Kier alpha value is -3.60. The first-order chi connectivity index (χ1) is 17.8. The van der Waals surface area contributed by atoms with Crippen molar-refractivity contribution in [1.82, 2.24) is 10.2 Å². The molecule has 3 rings (SSSR count). The summed E-state index contributed by atoms with van der Waals surface area (Å²) in [6.45, 7) is 11.0. The van der Waals surface area contributed by atoms with Crippen LogP contribution in [0.15, 0.2) is 66.7 Å². The summed E-state index contributed by atoms with van der Waals surface area (Å²) >= 11 is 0. The van der Waals surface area contributed by atoms with Crippen LogP contribution >= 0.6 is 0 Å². The summed E-state index contributed by atoms with van der Waals surface area (Å²) in [6, 6.07) is 21.3. The van der Waals surface area contributed by atoms with Crippen molar-refractivity contribution in [2.75, 3.05) is 13.2 Å². The van der Waals surface area contributed by atoms with Gasteiger partial charge >= 0.3 is 0 Å². The fraction of sp³-hybridized carbons (Fsp3) is 0.375. The molecule has 2 amide bonds. The van der Waals surface area contributed by atoms with Crippen LogP contribution in [0.5, 0.6) is 5.75 Å². The molecule has 0 aromatic heterocycles. The monoisotopic (exact) mass is 500 g/mol. The highest BCUT2D eigenvalue weighted by Crippen LogP contribution is 2.24. The largest absolute Gasteiger partial charge is 0.483 e. The van der Waals surface area contributed by atoms with Gasteiger partial charge in [-0.25, -0.2) is 0 Å². The molecular weight excluding hydrogens is 460 g/mol. The van der Waals surface area contributed by atoms with E-state index in [1.54, 1.807) is 4.90 Å². The fourth-order valence-electron chi connectivity index (χ4n) is 4.32. The summed E-state index contributed by atoms with van der Waals surface area (Å²) in [5, 5.41) is 3.06. The third kappa shape index (κ3) is 8.21. The Balaban J connectivity index is 1.91. The van der Waals surface area contributed by atoms with Crippen LogP contribution in [0, 0.1) is 27.7 Å². The number of hydrogen-bond donors (Lipinski definition) is 1. The Bertz CT molecular complexity index is 1170. The van der Waals surface area contributed by atoms with E-state index in [-0.39, 0.29) is 18.4 Å². The molecule has 0 radical (unpaired) electrons. The van der Waals surface area contributed by atoms with E-state index in [0.717, 1.165) is 46.2 Å². The minimum Gasteiger partial charge on any atom is -0.483 e. The number of ether oxygens (including phenoxy) is 1. The molecule has 0 bridgehead atoms. The second-order valence-electron chi connectivity index (χ2n) is 9.85. The molecule has 0 saturated heterocycles. The maximum atomic E-state index is 13.8. The van der Waals surface area contributed by atoms with E-state index in [0.29, 0.717) is 25.3 Å². The van der Waals surface area contributed by atoms with Crippen molar-refractivity contribution >= 4 is 11.8 Å². The van der Waals surface area contributed by atoms with Crippen molar-refractivity contribution in [2.45, 2.75) is 66.5 Å². The summed E-state index contributed by atoms with van der Waals surface area (Å²) in [6.07, 6.45) is 2.31. The van der Waals surface area contributed by atoms with E-state index >= 15 is 0 Å². The molecule has 3 aromatic rings. The van der Waals surface area contributed by atoms with Gasteiger partial charge in [0.1, 0.15) is 11.8 Å².